The Labute approximate surface area is 231 Å². The fourth-order valence-electron chi connectivity index (χ4n) is 4.31. The number of methoxy groups -OCH3 is 2. The monoisotopic (exact) mass is 536 g/mol. The van der Waals surface area contributed by atoms with Crippen molar-refractivity contribution in [3.05, 3.63) is 81.5 Å². The Hall–Kier alpha value is -3.32. The van der Waals surface area contributed by atoms with Gasteiger partial charge in [0.05, 0.1) is 27.3 Å². The summed E-state index contributed by atoms with van der Waals surface area (Å²) in [7, 11) is 3.24. The minimum Gasteiger partial charge on any atom is -0.493 e. The summed E-state index contributed by atoms with van der Waals surface area (Å²) in [6.45, 7) is 5.95. The van der Waals surface area contributed by atoms with E-state index in [0.29, 0.717) is 50.4 Å². The number of hydrogen-bond donors (Lipinski definition) is 0. The van der Waals surface area contributed by atoms with E-state index in [2.05, 4.69) is 26.0 Å². The van der Waals surface area contributed by atoms with Crippen LogP contribution in [0.4, 0.5) is 0 Å². The molecule has 38 heavy (non-hydrogen) atoms. The molecule has 0 N–H and O–H groups in total. The van der Waals surface area contributed by atoms with Crippen LogP contribution < -0.4 is 9.47 Å². The van der Waals surface area contributed by atoms with Crippen LogP contribution in [0, 0.1) is 6.92 Å². The Morgan fingerprint density at radius 3 is 2.24 bits per heavy atom. The second-order valence-corrected chi connectivity index (χ2v) is 10.8. The summed E-state index contributed by atoms with van der Waals surface area (Å²) in [4.78, 5) is 32.8. The van der Waals surface area contributed by atoms with Crippen molar-refractivity contribution >= 4 is 23.2 Å². The number of aryl methyl sites for hydroxylation is 2. The Morgan fingerprint density at radius 2 is 1.58 bits per heavy atom. The quantitative estimate of drug-likeness (QED) is 0.242. The molecule has 2 aromatic carbocycles. The molecule has 0 saturated heterocycles. The predicted octanol–water partition coefficient (Wildman–Crippen LogP) is 5.91. The second kappa shape index (κ2) is 15.2. The number of nitrogens with zero attached hydrogens (tertiary/aromatic N) is 2. The lowest BCUT2D eigenvalue weighted by atomic mass is 10.1. The SMILES string of the molecule is CCCCN(CC(=O)N(CCc1ccc(OC)c(OC)c1)Cc1ccc(C)s1)C(=O)CCc1ccccc1. The van der Waals surface area contributed by atoms with Crippen LogP contribution in [0.5, 0.6) is 11.5 Å². The molecular formula is C31H40N2O4S. The van der Waals surface area contributed by atoms with Gasteiger partial charge in [0.2, 0.25) is 11.8 Å². The van der Waals surface area contributed by atoms with Crippen molar-refractivity contribution in [3.8, 4) is 11.5 Å². The molecule has 6 nitrogen and oxygen atoms in total. The molecule has 0 atom stereocenters. The van der Waals surface area contributed by atoms with Gasteiger partial charge in [0.1, 0.15) is 0 Å². The van der Waals surface area contributed by atoms with E-state index >= 15 is 0 Å². The van der Waals surface area contributed by atoms with Gasteiger partial charge in [-0.05, 0) is 61.6 Å². The van der Waals surface area contributed by atoms with Gasteiger partial charge in [-0.1, -0.05) is 49.7 Å². The minimum atomic E-state index is -0.0271. The van der Waals surface area contributed by atoms with Gasteiger partial charge in [0.25, 0.3) is 0 Å². The highest BCUT2D eigenvalue weighted by Crippen LogP contribution is 2.28. The number of carbonyl (C=O) groups is 2. The number of benzene rings is 2. The van der Waals surface area contributed by atoms with Gasteiger partial charge in [-0.25, -0.2) is 0 Å². The summed E-state index contributed by atoms with van der Waals surface area (Å²) in [5.74, 6) is 1.36. The number of unbranched alkanes of at least 4 members (excludes halogenated alkanes) is 1. The standard InChI is InChI=1S/C31H40N2O4S/c1-5-6-19-32(30(34)17-14-25-10-8-7-9-11-25)23-31(35)33(22-27-15-12-24(2)38-27)20-18-26-13-16-28(36-3)29(21-26)37-4/h7-13,15-16,21H,5-6,14,17-20,22-23H2,1-4H3. The van der Waals surface area contributed by atoms with E-state index in [0.717, 1.165) is 28.8 Å². The van der Waals surface area contributed by atoms with Gasteiger partial charge in [-0.15, -0.1) is 11.3 Å². The first-order valence-corrected chi connectivity index (χ1v) is 14.1. The predicted molar refractivity (Wildman–Crippen MR) is 154 cm³/mol. The summed E-state index contributed by atoms with van der Waals surface area (Å²) < 4.78 is 10.8. The van der Waals surface area contributed by atoms with Crippen molar-refractivity contribution in [2.24, 2.45) is 0 Å². The van der Waals surface area contributed by atoms with Crippen molar-refractivity contribution in [1.29, 1.82) is 0 Å². The summed E-state index contributed by atoms with van der Waals surface area (Å²) in [5, 5.41) is 0. The van der Waals surface area contributed by atoms with E-state index in [-0.39, 0.29) is 18.4 Å². The van der Waals surface area contributed by atoms with Crippen LogP contribution in [-0.2, 0) is 29.0 Å². The first kappa shape index (κ1) is 29.2. The van der Waals surface area contributed by atoms with E-state index in [1.807, 2.05) is 53.4 Å². The van der Waals surface area contributed by atoms with Crippen molar-refractivity contribution in [2.45, 2.75) is 52.5 Å². The molecule has 0 radical (unpaired) electrons. The molecule has 1 heterocycles. The average Bonchev–Trinajstić information content (AvgIpc) is 3.36. The van der Waals surface area contributed by atoms with Crippen LogP contribution in [0.3, 0.4) is 0 Å². The van der Waals surface area contributed by atoms with Crippen LogP contribution >= 0.6 is 11.3 Å². The zero-order chi connectivity index (χ0) is 27.3. The smallest absolute Gasteiger partial charge is 0.242 e. The summed E-state index contributed by atoms with van der Waals surface area (Å²) in [6.07, 6.45) is 3.59. The van der Waals surface area contributed by atoms with Gasteiger partial charge in [-0.3, -0.25) is 9.59 Å². The Kier molecular flexibility index (Phi) is 11.7. The molecule has 0 unspecified atom stereocenters. The Balaban J connectivity index is 1.71. The van der Waals surface area contributed by atoms with E-state index in [4.69, 9.17) is 9.47 Å². The van der Waals surface area contributed by atoms with Crippen molar-refractivity contribution in [3.63, 3.8) is 0 Å². The van der Waals surface area contributed by atoms with Crippen LogP contribution in [0.15, 0.2) is 60.7 Å². The lowest BCUT2D eigenvalue weighted by molar-refractivity contribution is -0.141. The fraction of sp³-hybridized carbons (Fsp3) is 0.419. The summed E-state index contributed by atoms with van der Waals surface area (Å²) >= 11 is 1.70. The lowest BCUT2D eigenvalue weighted by Gasteiger charge is -2.28. The third kappa shape index (κ3) is 8.91. The van der Waals surface area contributed by atoms with Crippen LogP contribution in [0.1, 0.15) is 47.1 Å². The van der Waals surface area contributed by atoms with Crippen LogP contribution in [-0.4, -0.2) is 55.5 Å². The van der Waals surface area contributed by atoms with Crippen LogP contribution in [0.25, 0.3) is 0 Å². The number of hydrogen-bond acceptors (Lipinski definition) is 5. The highest BCUT2D eigenvalue weighted by molar-refractivity contribution is 7.11. The molecule has 1 aromatic heterocycles. The number of amides is 2. The van der Waals surface area contributed by atoms with E-state index in [1.165, 1.54) is 4.88 Å². The highest BCUT2D eigenvalue weighted by atomic mass is 32.1. The minimum absolute atomic E-state index is 0.0271. The third-order valence-electron chi connectivity index (χ3n) is 6.54. The molecule has 2 amide bonds. The molecule has 7 heteroatoms. The largest absolute Gasteiger partial charge is 0.493 e. The van der Waals surface area contributed by atoms with Crippen LogP contribution in [0.2, 0.25) is 0 Å². The van der Waals surface area contributed by atoms with E-state index in [9.17, 15) is 9.59 Å². The molecule has 0 aliphatic carbocycles. The zero-order valence-corrected chi connectivity index (χ0v) is 23.9. The highest BCUT2D eigenvalue weighted by Gasteiger charge is 2.22. The first-order chi connectivity index (χ1) is 18.4. The maximum atomic E-state index is 13.6. The molecule has 3 rings (SSSR count). The number of carbonyl (C=O) groups excluding carboxylic acids is 2. The van der Waals surface area contributed by atoms with Crippen molar-refractivity contribution in [2.75, 3.05) is 33.9 Å². The molecule has 0 fully saturated rings. The van der Waals surface area contributed by atoms with E-state index in [1.54, 1.807) is 30.5 Å². The van der Waals surface area contributed by atoms with E-state index < -0.39 is 0 Å². The average molecular weight is 537 g/mol. The lowest BCUT2D eigenvalue weighted by Crippen LogP contribution is -2.43. The molecule has 3 aromatic rings. The van der Waals surface area contributed by atoms with Gasteiger partial charge in [-0.2, -0.15) is 0 Å². The molecule has 0 bridgehead atoms. The Bertz CT molecular complexity index is 1160. The molecule has 0 aliphatic rings. The molecule has 204 valence electrons. The molecular weight excluding hydrogens is 496 g/mol. The van der Waals surface area contributed by atoms with Gasteiger partial charge >= 0.3 is 0 Å². The van der Waals surface area contributed by atoms with Gasteiger partial charge in [0.15, 0.2) is 11.5 Å². The number of rotatable bonds is 15. The second-order valence-electron chi connectivity index (χ2n) is 9.42. The zero-order valence-electron chi connectivity index (χ0n) is 23.1. The third-order valence-corrected chi connectivity index (χ3v) is 7.53. The fourth-order valence-corrected chi connectivity index (χ4v) is 5.21. The maximum absolute atomic E-state index is 13.6. The summed E-state index contributed by atoms with van der Waals surface area (Å²) in [6, 6.07) is 20.0. The first-order valence-electron chi connectivity index (χ1n) is 13.3. The summed E-state index contributed by atoms with van der Waals surface area (Å²) in [5.41, 5.74) is 2.19. The topological polar surface area (TPSA) is 59.1 Å². The van der Waals surface area contributed by atoms with Gasteiger partial charge in [0, 0.05) is 29.3 Å². The maximum Gasteiger partial charge on any atom is 0.242 e. The molecule has 0 spiro atoms. The molecule has 0 aliphatic heterocycles. The Morgan fingerprint density at radius 1 is 0.816 bits per heavy atom. The normalized spacial score (nSPS) is 10.7. The van der Waals surface area contributed by atoms with Gasteiger partial charge < -0.3 is 19.3 Å². The molecule has 0 saturated carbocycles. The van der Waals surface area contributed by atoms with Crippen molar-refractivity contribution < 1.29 is 19.1 Å². The van der Waals surface area contributed by atoms with Crippen molar-refractivity contribution in [1.82, 2.24) is 9.80 Å². The number of thiophene rings is 1. The number of ether oxygens (including phenoxy) is 2.